The number of amides is 6. The van der Waals surface area contributed by atoms with Crippen LogP contribution in [0.1, 0.15) is 39.2 Å². The van der Waals surface area contributed by atoms with Crippen molar-refractivity contribution in [3.8, 4) is 0 Å². The molecule has 14 N–H and O–H groups in total. The minimum atomic E-state index is -1.57. The van der Waals surface area contributed by atoms with Crippen LogP contribution < -0.4 is 49.1 Å². The number of carboxylic acids is 1. The standard InChI is InChI=1S/C31H50N10O9S/c1-16(2)24(28(47)38-20(30(49)50)12-18-8-5-4-6-9-18)41-27(46)21(15-51)39-29(48)25(17(3)42)40-23(44)14-36-22(43)13-37-26(45)19(32)10-7-11-35-31(33)34/h4-6,8-9,16-17,19-21,24-25,42,51H,7,10-15,32H2,1-3H3,(H,36,43)(H,37,45)(H,38,47)(H,39,48)(H,40,44)(H,41,46)(H,49,50)(H4,33,34,35)/t17-,19+,20+,21+,24+,25+/m1/s1. The van der Waals surface area contributed by atoms with E-state index in [1.54, 1.807) is 44.2 Å². The molecule has 1 aromatic rings. The van der Waals surface area contributed by atoms with Crippen LogP contribution in [0.3, 0.4) is 0 Å². The van der Waals surface area contributed by atoms with E-state index in [4.69, 9.17) is 17.2 Å². The summed E-state index contributed by atoms with van der Waals surface area (Å²) in [5.74, 6) is -6.90. The maximum absolute atomic E-state index is 13.2. The molecule has 0 radical (unpaired) electrons. The summed E-state index contributed by atoms with van der Waals surface area (Å²) < 4.78 is 0. The normalized spacial score (nSPS) is 14.3. The van der Waals surface area contributed by atoms with E-state index in [1.165, 1.54) is 6.92 Å². The first kappa shape index (κ1) is 44.1. The van der Waals surface area contributed by atoms with Crippen molar-refractivity contribution in [1.82, 2.24) is 31.9 Å². The van der Waals surface area contributed by atoms with Crippen LogP contribution in [0.4, 0.5) is 0 Å². The highest BCUT2D eigenvalue weighted by Crippen LogP contribution is 2.08. The molecule has 0 heterocycles. The van der Waals surface area contributed by atoms with E-state index in [0.717, 1.165) is 0 Å². The highest BCUT2D eigenvalue weighted by molar-refractivity contribution is 7.80. The third-order valence-electron chi connectivity index (χ3n) is 7.21. The van der Waals surface area contributed by atoms with Gasteiger partial charge in [-0.3, -0.25) is 33.8 Å². The molecule has 0 spiro atoms. The number of thiol groups is 1. The number of guanidine groups is 1. The molecule has 51 heavy (non-hydrogen) atoms. The van der Waals surface area contributed by atoms with E-state index in [0.29, 0.717) is 12.0 Å². The van der Waals surface area contributed by atoms with Crippen molar-refractivity contribution >= 4 is 60.0 Å². The first-order valence-electron chi connectivity index (χ1n) is 16.1. The number of benzene rings is 1. The molecule has 0 aliphatic heterocycles. The summed E-state index contributed by atoms with van der Waals surface area (Å²) in [6.07, 6.45) is -0.772. The molecule has 0 unspecified atom stereocenters. The molecule has 284 valence electrons. The Labute approximate surface area is 301 Å². The summed E-state index contributed by atoms with van der Waals surface area (Å²) >= 11 is 4.11. The Morgan fingerprint density at radius 3 is 1.92 bits per heavy atom. The van der Waals surface area contributed by atoms with Gasteiger partial charge >= 0.3 is 5.97 Å². The fourth-order valence-corrected chi connectivity index (χ4v) is 4.63. The number of nitrogens with two attached hydrogens (primary N) is 3. The van der Waals surface area contributed by atoms with Crippen molar-refractivity contribution in [3.05, 3.63) is 35.9 Å². The van der Waals surface area contributed by atoms with Crippen molar-refractivity contribution in [3.63, 3.8) is 0 Å². The second kappa shape index (κ2) is 22.7. The maximum Gasteiger partial charge on any atom is 0.326 e. The quantitative estimate of drug-likeness (QED) is 0.0233. The fraction of sp³-hybridized carbons (Fsp3) is 0.548. The number of nitrogens with one attached hydrogen (secondary N) is 6. The lowest BCUT2D eigenvalue weighted by Gasteiger charge is -2.27. The van der Waals surface area contributed by atoms with Gasteiger partial charge in [0, 0.05) is 18.7 Å². The number of rotatable bonds is 22. The summed E-state index contributed by atoms with van der Waals surface area (Å²) in [5.41, 5.74) is 16.9. The summed E-state index contributed by atoms with van der Waals surface area (Å²) in [7, 11) is 0. The smallest absolute Gasteiger partial charge is 0.326 e. The first-order valence-corrected chi connectivity index (χ1v) is 16.7. The lowest BCUT2D eigenvalue weighted by Crippen LogP contribution is -2.61. The van der Waals surface area contributed by atoms with Crippen molar-refractivity contribution in [1.29, 1.82) is 0 Å². The van der Waals surface area contributed by atoms with E-state index < -0.39 is 96.7 Å². The number of hydrogen-bond donors (Lipinski definition) is 12. The van der Waals surface area contributed by atoms with Gasteiger partial charge in [0.05, 0.1) is 25.2 Å². The number of nitrogens with zero attached hydrogens (tertiary/aromatic N) is 1. The van der Waals surface area contributed by atoms with E-state index in [-0.39, 0.29) is 31.1 Å². The molecule has 20 heteroatoms. The van der Waals surface area contributed by atoms with E-state index >= 15 is 0 Å². The minimum absolute atomic E-state index is 0.00104. The van der Waals surface area contributed by atoms with Gasteiger partial charge < -0.3 is 59.3 Å². The van der Waals surface area contributed by atoms with Crippen LogP contribution in [0.15, 0.2) is 35.3 Å². The van der Waals surface area contributed by atoms with Gasteiger partial charge in [-0.05, 0) is 31.2 Å². The van der Waals surface area contributed by atoms with Gasteiger partial charge in [0.15, 0.2) is 5.96 Å². The number of aliphatic imine (C=N–C) groups is 1. The van der Waals surface area contributed by atoms with Crippen molar-refractivity contribution in [2.45, 2.75) is 76.3 Å². The molecule has 0 fully saturated rings. The monoisotopic (exact) mass is 738 g/mol. The van der Waals surface area contributed by atoms with Gasteiger partial charge in [-0.1, -0.05) is 44.2 Å². The zero-order valence-electron chi connectivity index (χ0n) is 28.8. The van der Waals surface area contributed by atoms with Crippen molar-refractivity contribution in [2.75, 3.05) is 25.4 Å². The molecule has 0 aromatic heterocycles. The van der Waals surface area contributed by atoms with Crippen LogP contribution in [0.5, 0.6) is 0 Å². The van der Waals surface area contributed by atoms with Gasteiger partial charge in [-0.15, -0.1) is 0 Å². The molecule has 6 atom stereocenters. The average Bonchev–Trinajstić information content (AvgIpc) is 3.07. The Hall–Kier alpha value is -4.95. The molecule has 0 aliphatic carbocycles. The lowest BCUT2D eigenvalue weighted by molar-refractivity contribution is -0.142. The Balaban J connectivity index is 2.72. The summed E-state index contributed by atoms with van der Waals surface area (Å²) in [5, 5.41) is 34.0. The second-order valence-corrected chi connectivity index (χ2v) is 12.3. The lowest BCUT2D eigenvalue weighted by atomic mass is 10.0. The number of hydrogen-bond acceptors (Lipinski definition) is 11. The van der Waals surface area contributed by atoms with Crippen LogP contribution in [0.25, 0.3) is 0 Å². The van der Waals surface area contributed by atoms with Gasteiger partial charge in [-0.2, -0.15) is 12.6 Å². The number of carbonyl (C=O) groups is 7. The van der Waals surface area contributed by atoms with Crippen LogP contribution >= 0.6 is 12.6 Å². The van der Waals surface area contributed by atoms with Gasteiger partial charge in [0.25, 0.3) is 0 Å². The Kier molecular flexibility index (Phi) is 19.6. The Morgan fingerprint density at radius 1 is 0.784 bits per heavy atom. The number of aliphatic hydroxyl groups is 1. The molecule has 1 aromatic carbocycles. The summed E-state index contributed by atoms with van der Waals surface area (Å²) in [6, 6.07) is 2.35. The predicted molar refractivity (Wildman–Crippen MR) is 190 cm³/mol. The number of carboxylic acid groups (broad SMARTS) is 1. The third kappa shape index (κ3) is 17.0. The van der Waals surface area contributed by atoms with Crippen molar-refractivity contribution < 1.29 is 43.8 Å². The topological polar surface area (TPSA) is 323 Å². The highest BCUT2D eigenvalue weighted by atomic mass is 32.1. The van der Waals surface area contributed by atoms with E-state index in [1.807, 2.05) is 0 Å². The second-order valence-electron chi connectivity index (χ2n) is 11.9. The van der Waals surface area contributed by atoms with Crippen LogP contribution in [0.2, 0.25) is 0 Å². The molecule has 1 rings (SSSR count). The van der Waals surface area contributed by atoms with Crippen LogP contribution in [-0.4, -0.2) is 119 Å². The molecule has 0 bridgehead atoms. The third-order valence-corrected chi connectivity index (χ3v) is 7.58. The van der Waals surface area contributed by atoms with Crippen LogP contribution in [-0.2, 0) is 40.0 Å². The molecule has 0 saturated carbocycles. The zero-order chi connectivity index (χ0) is 38.7. The summed E-state index contributed by atoms with van der Waals surface area (Å²) in [6.45, 7) is 3.63. The van der Waals surface area contributed by atoms with Crippen LogP contribution in [0, 0.1) is 5.92 Å². The van der Waals surface area contributed by atoms with E-state index in [2.05, 4.69) is 49.5 Å². The zero-order valence-corrected chi connectivity index (χ0v) is 29.7. The average molecular weight is 739 g/mol. The first-order chi connectivity index (χ1) is 24.0. The maximum atomic E-state index is 13.2. The van der Waals surface area contributed by atoms with Crippen molar-refractivity contribution in [2.24, 2.45) is 28.1 Å². The molecule has 0 saturated heterocycles. The summed E-state index contributed by atoms with van der Waals surface area (Å²) in [4.78, 5) is 91.7. The van der Waals surface area contributed by atoms with Gasteiger partial charge in [-0.25, -0.2) is 4.79 Å². The largest absolute Gasteiger partial charge is 0.480 e. The number of aliphatic hydroxyl groups excluding tert-OH is 1. The Bertz CT molecular complexity index is 1380. The predicted octanol–water partition coefficient (Wildman–Crippen LogP) is -4.17. The minimum Gasteiger partial charge on any atom is -0.480 e. The molecule has 6 amide bonds. The van der Waals surface area contributed by atoms with Gasteiger partial charge in [0.2, 0.25) is 35.4 Å². The number of carbonyl (C=O) groups excluding carboxylic acids is 6. The molecule has 19 nitrogen and oxygen atoms in total. The number of aliphatic carboxylic acids is 1. The SMILES string of the molecule is CC(C)[C@H](NC(=O)[C@H](CS)NC(=O)[C@@H](NC(=O)CNC(=O)CNC(=O)[C@@H](N)CCCN=C(N)N)[C@@H](C)O)C(=O)N[C@@H](Cc1ccccc1)C(=O)O. The van der Waals surface area contributed by atoms with E-state index in [9.17, 15) is 43.8 Å². The Morgan fingerprint density at radius 2 is 1.37 bits per heavy atom. The van der Waals surface area contributed by atoms with Gasteiger partial charge in [0.1, 0.15) is 24.2 Å². The molecule has 0 aliphatic rings. The fourth-order valence-electron chi connectivity index (χ4n) is 4.38. The molecular weight excluding hydrogens is 688 g/mol. The molecular formula is C31H50N10O9S. The highest BCUT2D eigenvalue weighted by Gasteiger charge is 2.33.